The predicted molar refractivity (Wildman–Crippen MR) is 126 cm³/mol. The summed E-state index contributed by atoms with van der Waals surface area (Å²) in [5.41, 5.74) is 0.106. The Bertz CT molecular complexity index is 733. The van der Waals surface area contributed by atoms with Crippen LogP contribution in [0.3, 0.4) is 0 Å². The zero-order valence-electron chi connectivity index (χ0n) is 18.6. The van der Waals surface area contributed by atoms with Gasteiger partial charge in [-0.15, -0.1) is 34.2 Å². The molecule has 0 radical (unpaired) electrons. The molecule has 4 rings (SSSR count). The summed E-state index contributed by atoms with van der Waals surface area (Å²) in [7, 11) is 1.98. The molecule has 1 aromatic rings. The third-order valence-electron chi connectivity index (χ3n) is 6.78. The van der Waals surface area contributed by atoms with Crippen LogP contribution in [0.25, 0.3) is 0 Å². The zero-order chi connectivity index (χ0) is 20.4. The molecule has 3 atom stereocenters. The molecule has 2 aliphatic heterocycles. The first-order chi connectivity index (χ1) is 14.0. The van der Waals surface area contributed by atoms with Crippen LogP contribution in [0.4, 0.5) is 0 Å². The van der Waals surface area contributed by atoms with E-state index < -0.39 is 0 Å². The van der Waals surface area contributed by atoms with Crippen molar-refractivity contribution in [3.63, 3.8) is 0 Å². The number of aliphatic imine (C=N–C) groups is 1. The molecule has 30 heavy (non-hydrogen) atoms. The highest BCUT2D eigenvalue weighted by molar-refractivity contribution is 14.0. The van der Waals surface area contributed by atoms with Gasteiger partial charge in [0.2, 0.25) is 0 Å². The Balaban J connectivity index is 0.00000256. The standard InChI is InChI=1S/C20H35N7O2.HI/c1-14-24-25-16(26(14)4)13-22-19(21-6-7-27-8-11-28-12-9-27)23-17-15-5-10-29-18(15)20(17,2)3;/h15,17-18H,5-13H2,1-4H3,(H2,21,22,23);1H. The lowest BCUT2D eigenvalue weighted by Crippen LogP contribution is -2.68. The van der Waals surface area contributed by atoms with Crippen LogP contribution in [0.2, 0.25) is 0 Å². The Kier molecular flexibility index (Phi) is 7.97. The zero-order valence-corrected chi connectivity index (χ0v) is 20.9. The van der Waals surface area contributed by atoms with Gasteiger partial charge in [0, 0.05) is 57.2 Å². The van der Waals surface area contributed by atoms with Gasteiger partial charge in [-0.3, -0.25) is 4.90 Å². The van der Waals surface area contributed by atoms with Crippen molar-refractivity contribution in [1.82, 2.24) is 30.3 Å². The summed E-state index contributed by atoms with van der Waals surface area (Å²) < 4.78 is 13.4. The van der Waals surface area contributed by atoms with Gasteiger partial charge in [-0.1, -0.05) is 13.8 Å². The summed E-state index contributed by atoms with van der Waals surface area (Å²) in [5.74, 6) is 3.18. The lowest BCUT2D eigenvalue weighted by Gasteiger charge is -2.55. The molecule has 10 heteroatoms. The Hall–Kier alpha value is -0.980. The lowest BCUT2D eigenvalue weighted by molar-refractivity contribution is -0.106. The van der Waals surface area contributed by atoms with Crippen molar-refractivity contribution >= 4 is 29.9 Å². The number of morpholine rings is 1. The molecule has 2 saturated heterocycles. The van der Waals surface area contributed by atoms with Gasteiger partial charge in [0.25, 0.3) is 0 Å². The van der Waals surface area contributed by atoms with E-state index in [0.717, 1.165) is 70.0 Å². The van der Waals surface area contributed by atoms with E-state index in [4.69, 9.17) is 14.5 Å². The maximum atomic E-state index is 5.95. The van der Waals surface area contributed by atoms with Gasteiger partial charge in [-0.2, -0.15) is 0 Å². The van der Waals surface area contributed by atoms with Crippen LogP contribution in [0.15, 0.2) is 4.99 Å². The molecule has 0 amide bonds. The third kappa shape index (κ3) is 4.91. The quantitative estimate of drug-likeness (QED) is 0.320. The molecule has 9 nitrogen and oxygen atoms in total. The summed E-state index contributed by atoms with van der Waals surface area (Å²) >= 11 is 0. The first kappa shape index (κ1) is 23.7. The number of rotatable bonds is 6. The molecule has 3 heterocycles. The molecule has 1 aliphatic carbocycles. The number of hydrogen-bond acceptors (Lipinski definition) is 6. The van der Waals surface area contributed by atoms with E-state index in [1.807, 2.05) is 18.5 Å². The van der Waals surface area contributed by atoms with E-state index in [1.165, 1.54) is 0 Å². The second kappa shape index (κ2) is 10.1. The maximum Gasteiger partial charge on any atom is 0.192 e. The average Bonchev–Trinajstić information content (AvgIpc) is 3.30. The lowest BCUT2D eigenvalue weighted by atomic mass is 9.57. The van der Waals surface area contributed by atoms with Crippen molar-refractivity contribution in [3.05, 3.63) is 11.6 Å². The molecule has 3 fully saturated rings. The van der Waals surface area contributed by atoms with Gasteiger partial charge < -0.3 is 24.7 Å². The highest BCUT2D eigenvalue weighted by Crippen LogP contribution is 2.52. The van der Waals surface area contributed by atoms with Crippen LogP contribution in [-0.2, 0) is 23.1 Å². The molecule has 3 unspecified atom stereocenters. The Labute approximate surface area is 196 Å². The minimum atomic E-state index is 0. The van der Waals surface area contributed by atoms with Crippen LogP contribution < -0.4 is 10.6 Å². The van der Waals surface area contributed by atoms with E-state index >= 15 is 0 Å². The van der Waals surface area contributed by atoms with Gasteiger partial charge in [0.1, 0.15) is 12.4 Å². The summed E-state index contributed by atoms with van der Waals surface area (Å²) in [6, 6.07) is 0.367. The van der Waals surface area contributed by atoms with E-state index in [1.54, 1.807) is 0 Å². The number of ether oxygens (including phenoxy) is 2. The van der Waals surface area contributed by atoms with E-state index in [-0.39, 0.29) is 29.4 Å². The SMILES string of the molecule is Cc1nnc(CN=C(NCCN2CCOCC2)NC2C3CCOC3C2(C)C)n1C.I. The van der Waals surface area contributed by atoms with E-state index in [0.29, 0.717) is 24.6 Å². The molecule has 1 aromatic heterocycles. The minimum absolute atomic E-state index is 0. The molecule has 0 aromatic carbocycles. The number of halogens is 1. The first-order valence-corrected chi connectivity index (χ1v) is 10.8. The molecule has 170 valence electrons. The smallest absolute Gasteiger partial charge is 0.192 e. The third-order valence-corrected chi connectivity index (χ3v) is 6.78. The van der Waals surface area contributed by atoms with Crippen molar-refractivity contribution in [2.75, 3.05) is 46.0 Å². The number of aryl methyl sites for hydroxylation is 1. The predicted octanol–water partition coefficient (Wildman–Crippen LogP) is 0.922. The summed E-state index contributed by atoms with van der Waals surface area (Å²) in [6.07, 6.45) is 1.48. The van der Waals surface area contributed by atoms with Crippen molar-refractivity contribution in [2.24, 2.45) is 23.4 Å². The number of hydrogen-bond donors (Lipinski definition) is 2. The number of guanidine groups is 1. The molecule has 1 saturated carbocycles. The first-order valence-electron chi connectivity index (χ1n) is 10.8. The largest absolute Gasteiger partial charge is 0.379 e. The van der Waals surface area contributed by atoms with E-state index in [2.05, 4.69) is 39.6 Å². The summed E-state index contributed by atoms with van der Waals surface area (Å²) in [5, 5.41) is 15.6. The van der Waals surface area contributed by atoms with E-state index in [9.17, 15) is 0 Å². The van der Waals surface area contributed by atoms with Crippen LogP contribution in [0.1, 0.15) is 31.9 Å². The number of nitrogens with one attached hydrogen (secondary N) is 2. The number of aromatic nitrogens is 3. The molecule has 2 N–H and O–H groups in total. The Morgan fingerprint density at radius 1 is 1.23 bits per heavy atom. The normalized spacial score (nSPS) is 28.4. The second-order valence-corrected chi connectivity index (χ2v) is 8.96. The summed E-state index contributed by atoms with van der Waals surface area (Å²) in [4.78, 5) is 7.26. The van der Waals surface area contributed by atoms with Gasteiger partial charge >= 0.3 is 0 Å². The molecular weight excluding hydrogens is 497 g/mol. The van der Waals surface area contributed by atoms with Gasteiger partial charge in [0.15, 0.2) is 11.8 Å². The second-order valence-electron chi connectivity index (χ2n) is 8.96. The van der Waals surface area contributed by atoms with Gasteiger partial charge in [-0.05, 0) is 13.3 Å². The van der Waals surface area contributed by atoms with Gasteiger partial charge in [-0.25, -0.2) is 4.99 Å². The van der Waals surface area contributed by atoms with Crippen LogP contribution in [0, 0.1) is 18.3 Å². The number of nitrogens with zero attached hydrogens (tertiary/aromatic N) is 5. The maximum absolute atomic E-state index is 5.95. The fraction of sp³-hybridized carbons (Fsp3) is 0.850. The van der Waals surface area contributed by atoms with Crippen LogP contribution in [0.5, 0.6) is 0 Å². The monoisotopic (exact) mass is 533 g/mol. The highest BCUT2D eigenvalue weighted by atomic mass is 127. The Morgan fingerprint density at radius 3 is 2.70 bits per heavy atom. The summed E-state index contributed by atoms with van der Waals surface area (Å²) in [6.45, 7) is 13.4. The number of fused-ring (bicyclic) bond motifs is 1. The van der Waals surface area contributed by atoms with Gasteiger partial charge in [0.05, 0.1) is 19.3 Å². The molecular formula is C20H36IN7O2. The van der Waals surface area contributed by atoms with Crippen LogP contribution in [-0.4, -0.2) is 83.8 Å². The molecule has 0 bridgehead atoms. The highest BCUT2D eigenvalue weighted by Gasteiger charge is 2.59. The topological polar surface area (TPSA) is 88.8 Å². The van der Waals surface area contributed by atoms with Crippen molar-refractivity contribution < 1.29 is 9.47 Å². The Morgan fingerprint density at radius 2 is 2.00 bits per heavy atom. The van der Waals surface area contributed by atoms with Crippen molar-refractivity contribution in [1.29, 1.82) is 0 Å². The van der Waals surface area contributed by atoms with Crippen LogP contribution >= 0.6 is 24.0 Å². The average molecular weight is 533 g/mol. The fourth-order valence-electron chi connectivity index (χ4n) is 4.81. The molecule has 0 spiro atoms. The van der Waals surface area contributed by atoms with Crippen molar-refractivity contribution in [2.45, 2.75) is 45.9 Å². The molecule has 3 aliphatic rings. The minimum Gasteiger partial charge on any atom is -0.379 e. The van der Waals surface area contributed by atoms with Crippen molar-refractivity contribution in [3.8, 4) is 0 Å². The fourth-order valence-corrected chi connectivity index (χ4v) is 4.81.